The molecule has 0 radical (unpaired) electrons. The number of hydrogen-bond acceptors (Lipinski definition) is 4. The number of aromatic nitrogens is 1. The van der Waals surface area contributed by atoms with Gasteiger partial charge in [0, 0.05) is 31.1 Å². The second kappa shape index (κ2) is 8.54. The first-order valence-corrected chi connectivity index (χ1v) is 9.43. The molecule has 1 N–H and O–H groups in total. The third kappa shape index (κ3) is 4.77. The molecule has 0 unspecified atom stereocenters. The zero-order chi connectivity index (χ0) is 20.3. The first kappa shape index (κ1) is 20.0. The van der Waals surface area contributed by atoms with Gasteiger partial charge in [0.2, 0.25) is 5.88 Å². The van der Waals surface area contributed by atoms with Crippen molar-refractivity contribution in [1.82, 2.24) is 4.98 Å². The molecule has 0 spiro atoms. The molecular formula is C21H24F2N2O3. The Morgan fingerprint density at radius 1 is 1.25 bits per heavy atom. The molecule has 3 rings (SSSR count). The van der Waals surface area contributed by atoms with Crippen molar-refractivity contribution < 1.29 is 23.4 Å². The van der Waals surface area contributed by atoms with E-state index in [0.29, 0.717) is 43.1 Å². The Hall–Kier alpha value is -2.70. The summed E-state index contributed by atoms with van der Waals surface area (Å²) in [5, 5.41) is 8.89. The molecule has 2 heterocycles. The fourth-order valence-electron chi connectivity index (χ4n) is 3.51. The lowest BCUT2D eigenvalue weighted by Gasteiger charge is -2.33. The largest absolute Gasteiger partial charge is 0.481 e. The molecule has 150 valence electrons. The van der Waals surface area contributed by atoms with Crippen molar-refractivity contribution in [3.8, 4) is 17.1 Å². The molecule has 5 nitrogen and oxygen atoms in total. The minimum Gasteiger partial charge on any atom is -0.481 e. The predicted molar refractivity (Wildman–Crippen MR) is 103 cm³/mol. The Bertz CT molecular complexity index is 826. The quantitative estimate of drug-likeness (QED) is 0.787. The van der Waals surface area contributed by atoms with Gasteiger partial charge in [-0.25, -0.2) is 13.8 Å². The number of rotatable bonds is 6. The highest BCUT2D eigenvalue weighted by Crippen LogP contribution is 2.33. The van der Waals surface area contributed by atoms with Crippen molar-refractivity contribution >= 4 is 11.7 Å². The van der Waals surface area contributed by atoms with Crippen LogP contribution >= 0.6 is 0 Å². The maximum Gasteiger partial charge on any atom is 0.303 e. The Labute approximate surface area is 163 Å². The van der Waals surface area contributed by atoms with Gasteiger partial charge in [0.05, 0.1) is 11.8 Å². The maximum absolute atomic E-state index is 14.8. The SMILES string of the molecule is CC(C)Oc1cccc(-c2cc(F)c(N3CCC(CC(=O)O)CC3)c(F)c2)n1. The molecule has 1 aliphatic rings. The summed E-state index contributed by atoms with van der Waals surface area (Å²) in [5.74, 6) is -1.69. The highest BCUT2D eigenvalue weighted by atomic mass is 19.1. The van der Waals surface area contributed by atoms with Gasteiger partial charge in [-0.05, 0) is 50.8 Å². The molecular weight excluding hydrogens is 366 g/mol. The number of hydrogen-bond donors (Lipinski definition) is 1. The first-order valence-electron chi connectivity index (χ1n) is 9.43. The molecule has 28 heavy (non-hydrogen) atoms. The molecule has 1 aliphatic heterocycles. The number of piperidine rings is 1. The van der Waals surface area contributed by atoms with Gasteiger partial charge in [-0.1, -0.05) is 6.07 Å². The minimum atomic E-state index is -0.837. The minimum absolute atomic E-state index is 0.0482. The van der Waals surface area contributed by atoms with E-state index >= 15 is 0 Å². The smallest absolute Gasteiger partial charge is 0.303 e. The summed E-state index contributed by atoms with van der Waals surface area (Å²) in [4.78, 5) is 16.8. The number of carbonyl (C=O) groups is 1. The van der Waals surface area contributed by atoms with E-state index in [0.717, 1.165) is 0 Å². The molecule has 2 aromatic rings. The first-order chi connectivity index (χ1) is 13.3. The lowest BCUT2D eigenvalue weighted by molar-refractivity contribution is -0.138. The summed E-state index contributed by atoms with van der Waals surface area (Å²) in [5.41, 5.74) is 0.712. The lowest BCUT2D eigenvalue weighted by Crippen LogP contribution is -2.35. The van der Waals surface area contributed by atoms with Gasteiger partial charge in [0.15, 0.2) is 0 Å². The van der Waals surface area contributed by atoms with Crippen molar-refractivity contribution in [3.63, 3.8) is 0 Å². The highest BCUT2D eigenvalue weighted by molar-refractivity contribution is 5.67. The number of halogens is 2. The molecule has 0 amide bonds. The van der Waals surface area contributed by atoms with Gasteiger partial charge in [-0.15, -0.1) is 0 Å². The molecule has 1 fully saturated rings. The summed E-state index contributed by atoms with van der Waals surface area (Å²) >= 11 is 0. The van der Waals surface area contributed by atoms with Crippen LogP contribution in [0.1, 0.15) is 33.1 Å². The summed E-state index contributed by atoms with van der Waals surface area (Å²) in [7, 11) is 0. The fraction of sp³-hybridized carbons (Fsp3) is 0.429. The lowest BCUT2D eigenvalue weighted by atomic mass is 9.93. The summed E-state index contributed by atoms with van der Waals surface area (Å²) in [6, 6.07) is 7.67. The normalized spacial score (nSPS) is 15.1. The van der Waals surface area contributed by atoms with E-state index in [2.05, 4.69) is 4.98 Å². The zero-order valence-corrected chi connectivity index (χ0v) is 16.0. The third-order valence-corrected chi connectivity index (χ3v) is 4.79. The van der Waals surface area contributed by atoms with Crippen LogP contribution in [0.4, 0.5) is 14.5 Å². The number of benzene rings is 1. The Kier molecular flexibility index (Phi) is 6.11. The Morgan fingerprint density at radius 2 is 1.89 bits per heavy atom. The van der Waals surface area contributed by atoms with Crippen LogP contribution in [0.15, 0.2) is 30.3 Å². The molecule has 0 bridgehead atoms. The van der Waals surface area contributed by atoms with E-state index in [4.69, 9.17) is 9.84 Å². The predicted octanol–water partition coefficient (Wildman–Crippen LogP) is 4.51. The number of nitrogens with zero attached hydrogens (tertiary/aromatic N) is 2. The topological polar surface area (TPSA) is 62.7 Å². The van der Waals surface area contributed by atoms with Crippen LogP contribution in [-0.4, -0.2) is 35.3 Å². The fourth-order valence-corrected chi connectivity index (χ4v) is 3.51. The van der Waals surface area contributed by atoms with Crippen molar-refractivity contribution in [3.05, 3.63) is 42.0 Å². The van der Waals surface area contributed by atoms with Crippen molar-refractivity contribution in [2.45, 2.75) is 39.2 Å². The van der Waals surface area contributed by atoms with Crippen LogP contribution < -0.4 is 9.64 Å². The van der Waals surface area contributed by atoms with Crippen LogP contribution in [0.5, 0.6) is 5.88 Å². The number of carboxylic acids is 1. The van der Waals surface area contributed by atoms with Gasteiger partial charge >= 0.3 is 5.97 Å². The highest BCUT2D eigenvalue weighted by Gasteiger charge is 2.25. The van der Waals surface area contributed by atoms with Crippen molar-refractivity contribution in [2.24, 2.45) is 5.92 Å². The van der Waals surface area contributed by atoms with Gasteiger partial charge in [-0.3, -0.25) is 4.79 Å². The average Bonchev–Trinajstić information content (AvgIpc) is 2.62. The van der Waals surface area contributed by atoms with E-state index in [-0.39, 0.29) is 24.1 Å². The maximum atomic E-state index is 14.8. The molecule has 0 saturated carbocycles. The van der Waals surface area contributed by atoms with E-state index in [1.54, 1.807) is 23.1 Å². The van der Waals surface area contributed by atoms with Gasteiger partial charge < -0.3 is 14.7 Å². The van der Waals surface area contributed by atoms with E-state index < -0.39 is 17.6 Å². The Morgan fingerprint density at radius 3 is 2.46 bits per heavy atom. The molecule has 1 saturated heterocycles. The summed E-state index contributed by atoms with van der Waals surface area (Å²) in [6.45, 7) is 4.62. The third-order valence-electron chi connectivity index (χ3n) is 4.79. The van der Waals surface area contributed by atoms with E-state index in [9.17, 15) is 13.6 Å². The van der Waals surface area contributed by atoms with Crippen molar-refractivity contribution in [2.75, 3.05) is 18.0 Å². The van der Waals surface area contributed by atoms with Gasteiger partial charge in [0.1, 0.15) is 17.3 Å². The number of aliphatic carboxylic acids is 1. The number of pyridine rings is 1. The van der Waals surface area contributed by atoms with E-state index in [1.807, 2.05) is 13.8 Å². The number of carboxylic acid groups (broad SMARTS) is 1. The Balaban J connectivity index is 1.79. The van der Waals surface area contributed by atoms with Gasteiger partial charge in [-0.2, -0.15) is 0 Å². The van der Waals surface area contributed by atoms with Crippen LogP contribution in [-0.2, 0) is 4.79 Å². The molecule has 0 atom stereocenters. The van der Waals surface area contributed by atoms with Crippen LogP contribution in [0.25, 0.3) is 11.3 Å². The van der Waals surface area contributed by atoms with Crippen molar-refractivity contribution in [1.29, 1.82) is 0 Å². The number of ether oxygens (including phenoxy) is 1. The molecule has 0 aliphatic carbocycles. The van der Waals surface area contributed by atoms with Crippen LogP contribution in [0.3, 0.4) is 0 Å². The molecule has 1 aromatic heterocycles. The second-order valence-electron chi connectivity index (χ2n) is 7.34. The molecule has 7 heteroatoms. The summed E-state index contributed by atoms with van der Waals surface area (Å²) in [6.07, 6.45) is 1.24. The average molecular weight is 390 g/mol. The zero-order valence-electron chi connectivity index (χ0n) is 16.0. The monoisotopic (exact) mass is 390 g/mol. The van der Waals surface area contributed by atoms with E-state index in [1.165, 1.54) is 12.1 Å². The molecule has 1 aromatic carbocycles. The summed E-state index contributed by atoms with van der Waals surface area (Å²) < 4.78 is 35.1. The van der Waals surface area contributed by atoms with Gasteiger partial charge in [0.25, 0.3) is 0 Å². The number of anilines is 1. The van der Waals surface area contributed by atoms with Crippen LogP contribution in [0.2, 0.25) is 0 Å². The second-order valence-corrected chi connectivity index (χ2v) is 7.34. The standard InChI is InChI=1S/C21H24F2N2O3/c1-13(2)28-19-5-3-4-18(24-19)15-11-16(22)21(17(23)12-15)25-8-6-14(7-9-25)10-20(26)27/h3-5,11-14H,6-10H2,1-2H3,(H,26,27). The van der Waals surface area contributed by atoms with Crippen LogP contribution in [0, 0.1) is 17.6 Å².